The van der Waals surface area contributed by atoms with Gasteiger partial charge in [-0.25, -0.2) is 0 Å². The van der Waals surface area contributed by atoms with Gasteiger partial charge in [-0.05, 0) is 46.4 Å². The Morgan fingerprint density at radius 2 is 1.89 bits per heavy atom. The molecule has 0 aliphatic heterocycles. The Morgan fingerprint density at radius 1 is 1.11 bits per heavy atom. The SMILES string of the molecule is FC(F)(F)c1cccc(CNCc2ccc(I)o2)c1. The van der Waals surface area contributed by atoms with Crippen LogP contribution in [-0.4, -0.2) is 0 Å². The van der Waals surface area contributed by atoms with E-state index in [1.807, 2.05) is 12.1 Å². The first-order valence-electron chi connectivity index (χ1n) is 5.56. The molecule has 6 heteroatoms. The number of furan rings is 1. The molecule has 19 heavy (non-hydrogen) atoms. The summed E-state index contributed by atoms with van der Waals surface area (Å²) < 4.78 is 43.7. The van der Waals surface area contributed by atoms with E-state index >= 15 is 0 Å². The van der Waals surface area contributed by atoms with Crippen LogP contribution in [0, 0.1) is 3.77 Å². The highest BCUT2D eigenvalue weighted by molar-refractivity contribution is 14.1. The van der Waals surface area contributed by atoms with E-state index in [-0.39, 0.29) is 0 Å². The van der Waals surface area contributed by atoms with Crippen LogP contribution >= 0.6 is 22.6 Å². The van der Waals surface area contributed by atoms with Crippen LogP contribution in [0.4, 0.5) is 13.2 Å². The van der Waals surface area contributed by atoms with Gasteiger partial charge in [-0.2, -0.15) is 13.2 Å². The van der Waals surface area contributed by atoms with Crippen molar-refractivity contribution in [2.75, 3.05) is 0 Å². The molecule has 1 N–H and O–H groups in total. The Bertz CT molecular complexity index is 551. The standard InChI is InChI=1S/C13H11F3INO/c14-13(15,16)10-3-1-2-9(6-10)7-18-8-11-4-5-12(17)19-11/h1-6,18H,7-8H2. The van der Waals surface area contributed by atoms with Crippen LogP contribution in [0.1, 0.15) is 16.9 Å². The molecule has 0 atom stereocenters. The molecule has 0 bridgehead atoms. The average molecular weight is 381 g/mol. The second-order valence-corrected chi connectivity index (χ2v) is 5.07. The largest absolute Gasteiger partial charge is 0.454 e. The second-order valence-electron chi connectivity index (χ2n) is 4.01. The Morgan fingerprint density at radius 3 is 2.53 bits per heavy atom. The number of nitrogens with one attached hydrogen (secondary N) is 1. The molecule has 0 aliphatic rings. The first-order chi connectivity index (χ1) is 8.95. The normalized spacial score (nSPS) is 11.8. The van der Waals surface area contributed by atoms with Crippen molar-refractivity contribution in [2.24, 2.45) is 0 Å². The molecule has 0 spiro atoms. The number of hydrogen-bond donors (Lipinski definition) is 1. The van der Waals surface area contributed by atoms with E-state index in [0.717, 1.165) is 21.7 Å². The third-order valence-corrected chi connectivity index (χ3v) is 3.09. The molecule has 1 heterocycles. The van der Waals surface area contributed by atoms with Gasteiger partial charge in [-0.15, -0.1) is 0 Å². The average Bonchev–Trinajstić information content (AvgIpc) is 2.74. The van der Waals surface area contributed by atoms with E-state index < -0.39 is 11.7 Å². The first-order valence-corrected chi connectivity index (χ1v) is 6.64. The van der Waals surface area contributed by atoms with Gasteiger partial charge in [-0.3, -0.25) is 0 Å². The quantitative estimate of drug-likeness (QED) is 0.804. The molecule has 0 saturated heterocycles. The monoisotopic (exact) mass is 381 g/mol. The van der Waals surface area contributed by atoms with Crippen molar-refractivity contribution in [3.05, 3.63) is 57.1 Å². The number of hydrogen-bond acceptors (Lipinski definition) is 2. The third-order valence-electron chi connectivity index (χ3n) is 2.51. The minimum Gasteiger partial charge on any atom is -0.454 e. The minimum atomic E-state index is -4.30. The fourth-order valence-corrected chi connectivity index (χ4v) is 2.10. The molecule has 2 aromatic rings. The van der Waals surface area contributed by atoms with Crippen LogP contribution in [0.25, 0.3) is 0 Å². The van der Waals surface area contributed by atoms with Gasteiger partial charge >= 0.3 is 6.18 Å². The molecule has 1 aromatic carbocycles. The molecule has 0 unspecified atom stereocenters. The third kappa shape index (κ3) is 4.24. The summed E-state index contributed by atoms with van der Waals surface area (Å²) in [7, 11) is 0. The summed E-state index contributed by atoms with van der Waals surface area (Å²) in [6.45, 7) is 0.848. The Labute approximate surface area is 122 Å². The van der Waals surface area contributed by atoms with Crippen LogP contribution < -0.4 is 5.32 Å². The fourth-order valence-electron chi connectivity index (χ4n) is 1.63. The van der Waals surface area contributed by atoms with Crippen molar-refractivity contribution in [3.8, 4) is 0 Å². The first kappa shape index (κ1) is 14.4. The van der Waals surface area contributed by atoms with Gasteiger partial charge in [0.05, 0.1) is 12.1 Å². The van der Waals surface area contributed by atoms with E-state index in [2.05, 4.69) is 27.9 Å². The van der Waals surface area contributed by atoms with Crippen LogP contribution in [-0.2, 0) is 19.3 Å². The molecule has 0 saturated carbocycles. The summed E-state index contributed by atoms with van der Waals surface area (Å²) in [6.07, 6.45) is -4.30. The van der Waals surface area contributed by atoms with Gasteiger partial charge in [-0.1, -0.05) is 18.2 Å². The highest BCUT2D eigenvalue weighted by Gasteiger charge is 2.30. The van der Waals surface area contributed by atoms with Crippen LogP contribution in [0.3, 0.4) is 0 Å². The molecule has 0 amide bonds. The van der Waals surface area contributed by atoms with Crippen molar-refractivity contribution >= 4 is 22.6 Å². The number of alkyl halides is 3. The smallest absolute Gasteiger partial charge is 0.416 e. The minimum absolute atomic E-state index is 0.362. The van der Waals surface area contributed by atoms with Crippen molar-refractivity contribution < 1.29 is 17.6 Å². The topological polar surface area (TPSA) is 25.2 Å². The van der Waals surface area contributed by atoms with Crippen molar-refractivity contribution in [1.29, 1.82) is 0 Å². The Hall–Kier alpha value is -1.02. The number of halogens is 4. The molecule has 0 fully saturated rings. The second kappa shape index (κ2) is 5.96. The lowest BCUT2D eigenvalue weighted by atomic mass is 10.1. The lowest BCUT2D eigenvalue weighted by Gasteiger charge is -2.09. The molecular formula is C13H11F3INO. The Kier molecular flexibility index (Phi) is 4.51. The molecular weight excluding hydrogens is 370 g/mol. The van der Waals surface area contributed by atoms with Crippen molar-refractivity contribution in [2.45, 2.75) is 19.3 Å². The lowest BCUT2D eigenvalue weighted by molar-refractivity contribution is -0.137. The zero-order valence-corrected chi connectivity index (χ0v) is 12.0. The van der Waals surface area contributed by atoms with Crippen LogP contribution in [0.2, 0.25) is 0 Å². The maximum absolute atomic E-state index is 12.5. The lowest BCUT2D eigenvalue weighted by Crippen LogP contribution is -2.13. The summed E-state index contributed by atoms with van der Waals surface area (Å²) in [6, 6.07) is 8.96. The van der Waals surface area contributed by atoms with Gasteiger partial charge in [0.1, 0.15) is 5.76 Å². The number of rotatable bonds is 4. The van der Waals surface area contributed by atoms with Gasteiger partial charge in [0.15, 0.2) is 3.77 Å². The summed E-state index contributed by atoms with van der Waals surface area (Å²) in [5.74, 6) is 0.761. The predicted octanol–water partition coefficient (Wildman–Crippen LogP) is 4.19. The van der Waals surface area contributed by atoms with E-state index in [4.69, 9.17) is 4.42 Å². The predicted molar refractivity (Wildman–Crippen MR) is 73.4 cm³/mol. The van der Waals surface area contributed by atoms with E-state index in [0.29, 0.717) is 18.7 Å². The molecule has 0 radical (unpaired) electrons. The summed E-state index contributed by atoms with van der Waals surface area (Å²) >= 11 is 2.06. The zero-order valence-electron chi connectivity index (χ0n) is 9.80. The summed E-state index contributed by atoms with van der Waals surface area (Å²) in [5, 5.41) is 3.05. The highest BCUT2D eigenvalue weighted by Crippen LogP contribution is 2.29. The van der Waals surface area contributed by atoms with Gasteiger partial charge in [0.2, 0.25) is 0 Å². The van der Waals surface area contributed by atoms with Gasteiger partial charge < -0.3 is 9.73 Å². The maximum Gasteiger partial charge on any atom is 0.416 e. The fraction of sp³-hybridized carbons (Fsp3) is 0.231. The molecule has 0 aliphatic carbocycles. The molecule has 102 valence electrons. The molecule has 2 nitrogen and oxygen atoms in total. The highest BCUT2D eigenvalue weighted by atomic mass is 127. The molecule has 2 rings (SSSR count). The van der Waals surface area contributed by atoms with Gasteiger partial charge in [0, 0.05) is 6.54 Å². The number of benzene rings is 1. The van der Waals surface area contributed by atoms with E-state index in [1.54, 1.807) is 6.07 Å². The maximum atomic E-state index is 12.5. The summed E-state index contributed by atoms with van der Waals surface area (Å²) in [5.41, 5.74) is -0.0320. The van der Waals surface area contributed by atoms with Crippen LogP contribution in [0.5, 0.6) is 0 Å². The Balaban J connectivity index is 1.93. The zero-order chi connectivity index (χ0) is 13.9. The van der Waals surface area contributed by atoms with Crippen molar-refractivity contribution in [3.63, 3.8) is 0 Å². The van der Waals surface area contributed by atoms with E-state index in [1.165, 1.54) is 6.07 Å². The van der Waals surface area contributed by atoms with Crippen LogP contribution in [0.15, 0.2) is 40.8 Å². The molecule has 1 aromatic heterocycles. The van der Waals surface area contributed by atoms with Gasteiger partial charge in [0.25, 0.3) is 0 Å². The van der Waals surface area contributed by atoms with E-state index in [9.17, 15) is 13.2 Å². The van der Waals surface area contributed by atoms with Crippen molar-refractivity contribution in [1.82, 2.24) is 5.32 Å². The summed E-state index contributed by atoms with van der Waals surface area (Å²) in [4.78, 5) is 0.